The number of nitrogens with zero attached hydrogens (tertiary/aromatic N) is 2. The number of amides is 1. The van der Waals surface area contributed by atoms with E-state index in [-0.39, 0.29) is 21.2 Å². The predicted octanol–water partition coefficient (Wildman–Crippen LogP) is 3.48. The minimum atomic E-state index is -3.98. The first-order chi connectivity index (χ1) is 12.6. The first-order valence-corrected chi connectivity index (χ1v) is 10.5. The van der Waals surface area contributed by atoms with Crippen LogP contribution < -0.4 is 9.62 Å². The van der Waals surface area contributed by atoms with E-state index in [9.17, 15) is 13.2 Å². The summed E-state index contributed by atoms with van der Waals surface area (Å²) in [5.74, 6) is 0.0933. The molecule has 1 aromatic carbocycles. The summed E-state index contributed by atoms with van der Waals surface area (Å²) < 4.78 is 27.1. The van der Waals surface area contributed by atoms with Crippen LogP contribution in [0.1, 0.15) is 37.6 Å². The topological polar surface area (TPSA) is 79.4 Å². The Hall–Kier alpha value is -2.12. The molecule has 8 heteroatoms. The number of rotatable bonds is 4. The normalized spacial score (nSPS) is 19.1. The molecule has 6 nitrogen and oxygen atoms in total. The number of carbonyl (C=O) groups is 1. The van der Waals surface area contributed by atoms with Crippen molar-refractivity contribution in [3.05, 3.63) is 53.2 Å². The van der Waals surface area contributed by atoms with E-state index in [1.54, 1.807) is 18.2 Å². The third kappa shape index (κ3) is 4.09. The van der Waals surface area contributed by atoms with Gasteiger partial charge in [0.25, 0.3) is 15.9 Å². The second-order valence-electron chi connectivity index (χ2n) is 7.49. The molecule has 1 N–H and O–H groups in total. The van der Waals surface area contributed by atoms with Crippen molar-refractivity contribution in [2.24, 2.45) is 5.92 Å². The lowest BCUT2D eigenvalue weighted by Gasteiger charge is -2.33. The number of hydrogen-bond acceptors (Lipinski definition) is 5. The molecule has 0 aliphatic carbocycles. The van der Waals surface area contributed by atoms with E-state index in [1.807, 2.05) is 4.90 Å². The van der Waals surface area contributed by atoms with Gasteiger partial charge < -0.3 is 4.90 Å². The predicted molar refractivity (Wildman–Crippen MR) is 106 cm³/mol. The van der Waals surface area contributed by atoms with Crippen molar-refractivity contribution in [3.63, 3.8) is 0 Å². The lowest BCUT2D eigenvalue weighted by atomic mass is 9.97. The zero-order chi connectivity index (χ0) is 19.8. The second-order valence-corrected chi connectivity index (χ2v) is 9.55. The number of aromatic nitrogens is 1. The van der Waals surface area contributed by atoms with Crippen molar-refractivity contribution in [2.75, 3.05) is 11.4 Å². The number of halogens is 1. The van der Waals surface area contributed by atoms with Crippen LogP contribution in [0.25, 0.3) is 0 Å². The van der Waals surface area contributed by atoms with Crippen LogP contribution in [0.15, 0.2) is 47.4 Å². The molecular formula is C19H22ClN3O3S. The van der Waals surface area contributed by atoms with Gasteiger partial charge in [0.2, 0.25) is 0 Å². The summed E-state index contributed by atoms with van der Waals surface area (Å²) in [7, 11) is -3.98. The lowest BCUT2D eigenvalue weighted by molar-refractivity contribution is 0.0981. The van der Waals surface area contributed by atoms with E-state index < -0.39 is 15.9 Å². The van der Waals surface area contributed by atoms with E-state index >= 15 is 0 Å². The zero-order valence-electron chi connectivity index (χ0n) is 15.4. The minimum absolute atomic E-state index is 0.0250. The highest BCUT2D eigenvalue weighted by atomic mass is 35.5. The first-order valence-electron chi connectivity index (χ1n) is 8.66. The van der Waals surface area contributed by atoms with Crippen LogP contribution in [0, 0.1) is 5.92 Å². The molecule has 3 rings (SSSR count). The van der Waals surface area contributed by atoms with Crippen LogP contribution in [-0.4, -0.2) is 31.4 Å². The Bertz CT molecular complexity index is 961. The molecule has 0 saturated carbocycles. The maximum Gasteiger partial charge on any atom is 0.268 e. The molecule has 144 valence electrons. The monoisotopic (exact) mass is 407 g/mol. The number of carbonyl (C=O) groups excluding carboxylic acids is 1. The highest BCUT2D eigenvalue weighted by Crippen LogP contribution is 2.37. The number of benzene rings is 1. The number of pyridine rings is 1. The Morgan fingerprint density at radius 2 is 1.89 bits per heavy atom. The Balaban J connectivity index is 1.97. The largest absolute Gasteiger partial charge is 0.351 e. The molecule has 0 spiro atoms. The summed E-state index contributed by atoms with van der Waals surface area (Å²) in [5, 5.41) is 0.253. The van der Waals surface area contributed by atoms with Crippen LogP contribution in [-0.2, 0) is 10.0 Å². The molecule has 0 unspecified atom stereocenters. The summed E-state index contributed by atoms with van der Waals surface area (Å²) in [6.45, 7) is 6.99. The van der Waals surface area contributed by atoms with Crippen molar-refractivity contribution in [1.82, 2.24) is 9.71 Å². The standard InChI is InChI=1S/C19H22ClN3O3S/c1-13-11-19(2,3)23(12-13)17-15(9-10-16(20)21-17)18(24)22-27(25,26)14-7-5-4-6-8-14/h4-10,13H,11-12H2,1-3H3,(H,22,24)/t13-/m0/s1. The maximum absolute atomic E-state index is 12.8. The average molecular weight is 408 g/mol. The Labute approximate surface area is 164 Å². The quantitative estimate of drug-likeness (QED) is 0.785. The van der Waals surface area contributed by atoms with Crippen LogP contribution in [0.3, 0.4) is 0 Å². The van der Waals surface area contributed by atoms with Crippen molar-refractivity contribution in [1.29, 1.82) is 0 Å². The molecule has 27 heavy (non-hydrogen) atoms. The summed E-state index contributed by atoms with van der Waals surface area (Å²) >= 11 is 6.07. The summed E-state index contributed by atoms with van der Waals surface area (Å²) in [6.07, 6.45) is 0.935. The SMILES string of the molecule is C[C@@H]1CN(c2nc(Cl)ccc2C(=O)NS(=O)(=O)c2ccccc2)C(C)(C)C1. The van der Waals surface area contributed by atoms with E-state index in [4.69, 9.17) is 11.6 Å². The number of sulfonamides is 1. The Morgan fingerprint density at radius 3 is 2.48 bits per heavy atom. The van der Waals surface area contributed by atoms with Gasteiger partial charge in [0.05, 0.1) is 10.5 Å². The van der Waals surface area contributed by atoms with Gasteiger partial charge >= 0.3 is 0 Å². The molecule has 1 amide bonds. The molecule has 0 radical (unpaired) electrons. The average Bonchev–Trinajstić information content (AvgIpc) is 2.87. The molecule has 1 aliphatic rings. The third-order valence-corrected chi connectivity index (χ3v) is 6.25. The van der Waals surface area contributed by atoms with E-state index in [1.165, 1.54) is 24.3 Å². The lowest BCUT2D eigenvalue weighted by Crippen LogP contribution is -2.41. The smallest absolute Gasteiger partial charge is 0.268 e. The fourth-order valence-electron chi connectivity index (χ4n) is 3.60. The van der Waals surface area contributed by atoms with Gasteiger partial charge in [0.15, 0.2) is 0 Å². The molecule has 1 fully saturated rings. The van der Waals surface area contributed by atoms with E-state index in [2.05, 4.69) is 30.5 Å². The van der Waals surface area contributed by atoms with Gasteiger partial charge in [-0.3, -0.25) is 4.79 Å². The zero-order valence-corrected chi connectivity index (χ0v) is 17.0. The van der Waals surface area contributed by atoms with Crippen molar-refractivity contribution < 1.29 is 13.2 Å². The second kappa shape index (κ2) is 7.13. The van der Waals surface area contributed by atoms with Crippen LogP contribution in [0.5, 0.6) is 0 Å². The van der Waals surface area contributed by atoms with Crippen molar-refractivity contribution >= 4 is 33.3 Å². The number of nitrogens with one attached hydrogen (secondary N) is 1. The van der Waals surface area contributed by atoms with E-state index in [0.29, 0.717) is 18.3 Å². The highest BCUT2D eigenvalue weighted by Gasteiger charge is 2.39. The van der Waals surface area contributed by atoms with Gasteiger partial charge in [-0.15, -0.1) is 0 Å². The molecule has 2 heterocycles. The molecule has 1 aromatic heterocycles. The van der Waals surface area contributed by atoms with Crippen molar-refractivity contribution in [3.8, 4) is 0 Å². The first kappa shape index (κ1) is 19.6. The van der Waals surface area contributed by atoms with Gasteiger partial charge in [-0.1, -0.05) is 36.7 Å². The highest BCUT2D eigenvalue weighted by molar-refractivity contribution is 7.90. The minimum Gasteiger partial charge on any atom is -0.351 e. The molecule has 2 aromatic rings. The van der Waals surface area contributed by atoms with Crippen LogP contribution in [0.4, 0.5) is 5.82 Å². The Kier molecular flexibility index (Phi) is 5.18. The van der Waals surface area contributed by atoms with E-state index in [0.717, 1.165) is 6.42 Å². The fourth-order valence-corrected chi connectivity index (χ4v) is 4.73. The molecule has 1 atom stereocenters. The van der Waals surface area contributed by atoms with Gasteiger partial charge in [0, 0.05) is 12.1 Å². The molecule has 1 saturated heterocycles. The summed E-state index contributed by atoms with van der Waals surface area (Å²) in [4.78, 5) is 19.2. The number of hydrogen-bond donors (Lipinski definition) is 1. The third-order valence-electron chi connectivity index (χ3n) is 4.69. The molecular weight excluding hydrogens is 386 g/mol. The van der Waals surface area contributed by atoms with Crippen LogP contribution >= 0.6 is 11.6 Å². The van der Waals surface area contributed by atoms with Gasteiger partial charge in [-0.05, 0) is 50.5 Å². The van der Waals surface area contributed by atoms with Crippen molar-refractivity contribution in [2.45, 2.75) is 37.6 Å². The van der Waals surface area contributed by atoms with Gasteiger partial charge in [0.1, 0.15) is 11.0 Å². The van der Waals surface area contributed by atoms with Crippen LogP contribution in [0.2, 0.25) is 5.15 Å². The number of anilines is 1. The Morgan fingerprint density at radius 1 is 1.22 bits per heavy atom. The fraction of sp³-hybridized carbons (Fsp3) is 0.368. The maximum atomic E-state index is 12.8. The van der Waals surface area contributed by atoms with Gasteiger partial charge in [-0.25, -0.2) is 18.1 Å². The molecule has 0 bridgehead atoms. The summed E-state index contributed by atoms with van der Waals surface area (Å²) in [5.41, 5.74) is -0.0363. The molecule has 1 aliphatic heterocycles. The summed E-state index contributed by atoms with van der Waals surface area (Å²) in [6, 6.07) is 10.8. The van der Waals surface area contributed by atoms with Gasteiger partial charge in [-0.2, -0.15) is 0 Å².